The molecule has 1 fully saturated rings. The van der Waals surface area contributed by atoms with E-state index in [1.54, 1.807) is 25.4 Å². The van der Waals surface area contributed by atoms with Crippen LogP contribution in [0.4, 0.5) is 20.3 Å². The van der Waals surface area contributed by atoms with E-state index in [0.717, 1.165) is 50.4 Å². The van der Waals surface area contributed by atoms with Gasteiger partial charge in [0.25, 0.3) is 0 Å². The molecule has 10 nitrogen and oxygen atoms in total. The molecule has 1 aliphatic heterocycles. The van der Waals surface area contributed by atoms with Crippen molar-refractivity contribution in [3.05, 3.63) is 77.1 Å². The smallest absolute Gasteiger partial charge is 0.168 e. The average molecular weight is 549 g/mol. The van der Waals surface area contributed by atoms with Crippen LogP contribution in [0.3, 0.4) is 0 Å². The topological polar surface area (TPSA) is 102 Å². The van der Waals surface area contributed by atoms with Crippen LogP contribution in [0.2, 0.25) is 0 Å². The SMILES string of the molecule is C/C=c1/ncnc(Nc2cc(F)c(Oc3ccn4ncnc4c3)cc2F)/c1=C(OC)/C(=C/CC)N1CCNCC1. The van der Waals surface area contributed by atoms with Gasteiger partial charge in [0.1, 0.15) is 24.2 Å². The van der Waals surface area contributed by atoms with E-state index in [0.29, 0.717) is 27.7 Å². The Balaban J connectivity index is 1.54. The fourth-order valence-corrected chi connectivity index (χ4v) is 4.55. The summed E-state index contributed by atoms with van der Waals surface area (Å²) in [6.45, 7) is 7.17. The van der Waals surface area contributed by atoms with Crippen molar-refractivity contribution in [2.75, 3.05) is 38.6 Å². The van der Waals surface area contributed by atoms with Crippen LogP contribution in [0.25, 0.3) is 17.5 Å². The number of piperazine rings is 1. The molecule has 1 saturated heterocycles. The van der Waals surface area contributed by atoms with Gasteiger partial charge in [-0.3, -0.25) is 0 Å². The number of nitrogens with one attached hydrogen (secondary N) is 2. The number of hydrogen-bond donors (Lipinski definition) is 2. The summed E-state index contributed by atoms with van der Waals surface area (Å²) in [6, 6.07) is 5.19. The van der Waals surface area contributed by atoms with E-state index < -0.39 is 11.6 Å². The van der Waals surface area contributed by atoms with Crippen LogP contribution in [0.15, 0.2) is 54.9 Å². The Morgan fingerprint density at radius 2 is 1.93 bits per heavy atom. The van der Waals surface area contributed by atoms with Gasteiger partial charge in [-0.15, -0.1) is 0 Å². The number of nitrogens with zero attached hydrogens (tertiary/aromatic N) is 6. The number of anilines is 2. The van der Waals surface area contributed by atoms with Crippen molar-refractivity contribution in [3.8, 4) is 11.5 Å². The number of methoxy groups -OCH3 is 1. The zero-order valence-electron chi connectivity index (χ0n) is 22.5. The number of pyridine rings is 1. The molecule has 5 rings (SSSR count). The molecule has 4 heterocycles. The Bertz CT molecular complexity index is 1660. The second-order valence-corrected chi connectivity index (χ2v) is 8.95. The monoisotopic (exact) mass is 548 g/mol. The highest BCUT2D eigenvalue weighted by atomic mass is 19.1. The molecule has 0 spiro atoms. The normalized spacial score (nSPS) is 15.4. The highest BCUT2D eigenvalue weighted by Crippen LogP contribution is 2.30. The lowest BCUT2D eigenvalue weighted by Crippen LogP contribution is -2.44. The molecule has 208 valence electrons. The molecular weight excluding hydrogens is 518 g/mol. The molecule has 0 bridgehead atoms. The highest BCUT2D eigenvalue weighted by molar-refractivity contribution is 5.66. The lowest BCUT2D eigenvalue weighted by molar-refractivity contribution is 0.278. The fraction of sp³-hybridized carbons (Fsp3) is 0.286. The van der Waals surface area contributed by atoms with Gasteiger partial charge in [0, 0.05) is 50.6 Å². The summed E-state index contributed by atoms with van der Waals surface area (Å²) < 4.78 is 43.6. The van der Waals surface area contributed by atoms with E-state index >= 15 is 8.78 Å². The first-order chi connectivity index (χ1) is 19.5. The Morgan fingerprint density at radius 1 is 1.10 bits per heavy atom. The maximum atomic E-state index is 15.3. The molecule has 0 amide bonds. The summed E-state index contributed by atoms with van der Waals surface area (Å²) in [5, 5.41) is 11.5. The molecule has 4 aromatic rings. The lowest BCUT2D eigenvalue weighted by atomic mass is 10.1. The van der Waals surface area contributed by atoms with Crippen LogP contribution in [0.1, 0.15) is 20.3 Å². The molecule has 0 unspecified atom stereocenters. The zero-order valence-corrected chi connectivity index (χ0v) is 22.5. The first-order valence-corrected chi connectivity index (χ1v) is 13.0. The summed E-state index contributed by atoms with van der Waals surface area (Å²) in [5.41, 5.74) is 1.30. The Kier molecular flexibility index (Phi) is 8.15. The third-order valence-corrected chi connectivity index (χ3v) is 6.42. The number of benzene rings is 1. The van der Waals surface area contributed by atoms with E-state index in [-0.39, 0.29) is 17.3 Å². The molecule has 0 atom stereocenters. The summed E-state index contributed by atoms with van der Waals surface area (Å²) in [6.07, 6.45) is 9.06. The molecule has 0 saturated carbocycles. The Morgan fingerprint density at radius 3 is 2.67 bits per heavy atom. The van der Waals surface area contributed by atoms with Crippen LogP contribution < -0.4 is 25.9 Å². The Labute approximate surface area is 229 Å². The Hall–Kier alpha value is -4.58. The van der Waals surface area contributed by atoms with E-state index in [1.807, 2.05) is 13.0 Å². The van der Waals surface area contributed by atoms with Gasteiger partial charge in [-0.2, -0.15) is 5.10 Å². The molecule has 3 aromatic heterocycles. The van der Waals surface area contributed by atoms with Gasteiger partial charge in [-0.25, -0.2) is 28.2 Å². The van der Waals surface area contributed by atoms with E-state index in [1.165, 1.54) is 17.2 Å². The lowest BCUT2D eigenvalue weighted by Gasteiger charge is -2.32. The van der Waals surface area contributed by atoms with Gasteiger partial charge in [-0.1, -0.05) is 19.1 Å². The number of rotatable bonds is 8. The average Bonchev–Trinajstić information content (AvgIpc) is 3.44. The maximum absolute atomic E-state index is 15.3. The molecular formula is C28H30F2N8O2. The molecule has 40 heavy (non-hydrogen) atoms. The van der Waals surface area contributed by atoms with Gasteiger partial charge < -0.3 is 25.0 Å². The van der Waals surface area contributed by atoms with Gasteiger partial charge in [0.15, 0.2) is 28.8 Å². The second kappa shape index (κ2) is 12.1. The number of aromatic nitrogens is 5. The van der Waals surface area contributed by atoms with Crippen molar-refractivity contribution in [2.24, 2.45) is 0 Å². The number of fused-ring (bicyclic) bond motifs is 1. The van der Waals surface area contributed by atoms with Crippen molar-refractivity contribution < 1.29 is 18.3 Å². The minimum atomic E-state index is -0.758. The van der Waals surface area contributed by atoms with E-state index in [9.17, 15) is 0 Å². The van der Waals surface area contributed by atoms with E-state index in [2.05, 4.69) is 48.6 Å². The summed E-state index contributed by atoms with van der Waals surface area (Å²) in [7, 11) is 1.58. The van der Waals surface area contributed by atoms with Crippen molar-refractivity contribution in [1.29, 1.82) is 0 Å². The van der Waals surface area contributed by atoms with Crippen LogP contribution in [0.5, 0.6) is 11.5 Å². The summed E-state index contributed by atoms with van der Waals surface area (Å²) in [5.74, 6) is -0.633. The first-order valence-electron chi connectivity index (χ1n) is 13.0. The number of hydrogen-bond acceptors (Lipinski definition) is 9. The van der Waals surface area contributed by atoms with Gasteiger partial charge >= 0.3 is 0 Å². The number of halogens is 2. The van der Waals surface area contributed by atoms with Crippen LogP contribution in [-0.2, 0) is 4.74 Å². The third-order valence-electron chi connectivity index (χ3n) is 6.42. The molecule has 1 aromatic carbocycles. The minimum absolute atomic E-state index is 0.113. The zero-order chi connectivity index (χ0) is 28.1. The molecule has 12 heteroatoms. The third kappa shape index (κ3) is 5.57. The summed E-state index contributed by atoms with van der Waals surface area (Å²) >= 11 is 0. The fourth-order valence-electron chi connectivity index (χ4n) is 4.55. The molecule has 1 aliphatic rings. The van der Waals surface area contributed by atoms with Crippen LogP contribution >= 0.6 is 0 Å². The van der Waals surface area contributed by atoms with Crippen molar-refractivity contribution >= 4 is 29.0 Å². The molecule has 2 N–H and O–H groups in total. The predicted molar refractivity (Wildman–Crippen MR) is 147 cm³/mol. The quantitative estimate of drug-likeness (QED) is 0.344. The number of allylic oxidation sites excluding steroid dienone is 1. The standard InChI is InChI=1S/C28H30F2N8O2/c1-4-6-23(37-11-8-31-9-12-37)27(39-3)26-21(5-2)32-16-34-28(26)36-22-14-20(30)24(15-19(22)29)40-18-7-10-38-25(13-18)33-17-35-38/h5-7,10,13-17,31H,4,8-9,11-12H2,1-3H3,(H,32,34,36)/b21-5+,23-6-,27-26-. The van der Waals surface area contributed by atoms with E-state index in [4.69, 9.17) is 9.47 Å². The summed E-state index contributed by atoms with van der Waals surface area (Å²) in [4.78, 5) is 15.1. The van der Waals surface area contributed by atoms with Crippen LogP contribution in [0, 0.1) is 11.6 Å². The van der Waals surface area contributed by atoms with Crippen molar-refractivity contribution in [2.45, 2.75) is 20.3 Å². The van der Waals surface area contributed by atoms with Gasteiger partial charge in [0.2, 0.25) is 0 Å². The van der Waals surface area contributed by atoms with Crippen molar-refractivity contribution in [3.63, 3.8) is 0 Å². The van der Waals surface area contributed by atoms with Gasteiger partial charge in [-0.05, 0) is 19.4 Å². The second-order valence-electron chi connectivity index (χ2n) is 8.95. The van der Waals surface area contributed by atoms with Crippen LogP contribution in [-0.4, -0.2) is 62.8 Å². The highest BCUT2D eigenvalue weighted by Gasteiger charge is 2.21. The number of ether oxygens (including phenoxy) is 2. The maximum Gasteiger partial charge on any atom is 0.168 e. The minimum Gasteiger partial charge on any atom is -0.494 e. The van der Waals surface area contributed by atoms with Gasteiger partial charge in [0.05, 0.1) is 29.1 Å². The van der Waals surface area contributed by atoms with Crippen molar-refractivity contribution in [1.82, 2.24) is 34.8 Å². The largest absolute Gasteiger partial charge is 0.494 e. The molecule has 0 aliphatic carbocycles. The predicted octanol–water partition coefficient (Wildman–Crippen LogP) is 3.09. The first kappa shape index (κ1) is 27.0. The molecule has 0 radical (unpaired) electrons.